The molecule has 1 amide bonds. The molecule has 9 heteroatoms. The minimum absolute atomic E-state index is 0.174. The quantitative estimate of drug-likeness (QED) is 0.579. The van der Waals surface area contributed by atoms with Crippen molar-refractivity contribution in [2.45, 2.75) is 34.2 Å². The summed E-state index contributed by atoms with van der Waals surface area (Å²) in [5, 5.41) is 3.87. The summed E-state index contributed by atoms with van der Waals surface area (Å²) in [5.74, 6) is -0.345. The Labute approximate surface area is 177 Å². The van der Waals surface area contributed by atoms with E-state index >= 15 is 0 Å². The van der Waals surface area contributed by atoms with Crippen molar-refractivity contribution in [3.05, 3.63) is 51.6 Å². The molecule has 0 fully saturated rings. The van der Waals surface area contributed by atoms with Crippen LogP contribution in [-0.4, -0.2) is 34.6 Å². The van der Waals surface area contributed by atoms with Gasteiger partial charge in [0.05, 0.1) is 24.2 Å². The van der Waals surface area contributed by atoms with E-state index in [0.717, 1.165) is 5.56 Å². The lowest BCUT2D eigenvalue weighted by molar-refractivity contribution is -0.116. The third-order valence-corrected chi connectivity index (χ3v) is 5.55. The largest absolute Gasteiger partial charge is 0.484 e. The number of nitrogens with zero attached hydrogens (tertiary/aromatic N) is 2. The van der Waals surface area contributed by atoms with Crippen molar-refractivity contribution in [2.75, 3.05) is 18.5 Å². The van der Waals surface area contributed by atoms with Crippen LogP contribution in [0.1, 0.15) is 35.6 Å². The van der Waals surface area contributed by atoms with Crippen LogP contribution in [0, 0.1) is 13.8 Å². The number of benzene rings is 1. The molecule has 3 aromatic rings. The number of thiophene rings is 1. The molecule has 0 unspecified atom stereocenters. The minimum atomic E-state index is -0.422. The fourth-order valence-corrected chi connectivity index (χ4v) is 4.13. The number of aryl methyl sites for hydroxylation is 2. The average molecular weight is 429 g/mol. The standard InChI is InChI=1S/C21H23N3O5S/c1-5-28-20(27)14-7-9-15(10-8-14)23-16(25)11-24-13(4)22-18-17(19(24)26)12(3)21(30-18)29-6-2/h7-10H,5-6,11H2,1-4H3,(H,23,25). The van der Waals surface area contributed by atoms with Crippen molar-refractivity contribution >= 4 is 39.1 Å². The maximum Gasteiger partial charge on any atom is 0.338 e. The van der Waals surface area contributed by atoms with Gasteiger partial charge in [-0.05, 0) is 52.0 Å². The topological polar surface area (TPSA) is 99.5 Å². The lowest BCUT2D eigenvalue weighted by atomic mass is 10.2. The van der Waals surface area contributed by atoms with Gasteiger partial charge in [0.2, 0.25) is 5.91 Å². The van der Waals surface area contributed by atoms with E-state index in [1.165, 1.54) is 15.9 Å². The van der Waals surface area contributed by atoms with Crippen molar-refractivity contribution in [3.63, 3.8) is 0 Å². The van der Waals surface area contributed by atoms with Gasteiger partial charge in [0.25, 0.3) is 5.56 Å². The highest BCUT2D eigenvalue weighted by Gasteiger charge is 2.18. The van der Waals surface area contributed by atoms with Gasteiger partial charge in [-0.1, -0.05) is 11.3 Å². The number of amides is 1. The first-order valence-corrected chi connectivity index (χ1v) is 10.4. The predicted octanol–water partition coefficient (Wildman–Crippen LogP) is 3.29. The normalized spacial score (nSPS) is 10.8. The van der Waals surface area contributed by atoms with Gasteiger partial charge in [-0.25, -0.2) is 9.78 Å². The van der Waals surface area contributed by atoms with E-state index in [9.17, 15) is 14.4 Å². The highest BCUT2D eigenvalue weighted by Crippen LogP contribution is 2.34. The van der Waals surface area contributed by atoms with Crippen LogP contribution in [-0.2, 0) is 16.1 Å². The van der Waals surface area contributed by atoms with E-state index in [4.69, 9.17) is 9.47 Å². The van der Waals surface area contributed by atoms with Crippen molar-refractivity contribution in [2.24, 2.45) is 0 Å². The van der Waals surface area contributed by atoms with E-state index in [1.807, 2.05) is 13.8 Å². The Kier molecular flexibility index (Phi) is 6.51. The molecule has 0 radical (unpaired) electrons. The number of ether oxygens (including phenoxy) is 2. The Morgan fingerprint density at radius 3 is 2.47 bits per heavy atom. The van der Waals surface area contributed by atoms with E-state index in [2.05, 4.69) is 10.3 Å². The molecule has 30 heavy (non-hydrogen) atoms. The summed E-state index contributed by atoms with van der Waals surface area (Å²) in [4.78, 5) is 42.3. The predicted molar refractivity (Wildman–Crippen MR) is 116 cm³/mol. The SMILES string of the molecule is CCOC(=O)c1ccc(NC(=O)Cn2c(C)nc3sc(OCC)c(C)c3c2=O)cc1. The van der Waals surface area contributed by atoms with Crippen LogP contribution < -0.4 is 15.6 Å². The molecule has 1 aromatic carbocycles. The number of rotatable bonds is 7. The van der Waals surface area contributed by atoms with Gasteiger partial charge >= 0.3 is 5.97 Å². The third-order valence-electron chi connectivity index (χ3n) is 4.45. The summed E-state index contributed by atoms with van der Waals surface area (Å²) in [7, 11) is 0. The van der Waals surface area contributed by atoms with Gasteiger partial charge < -0.3 is 14.8 Å². The van der Waals surface area contributed by atoms with Crippen molar-refractivity contribution in [1.82, 2.24) is 9.55 Å². The zero-order valence-electron chi connectivity index (χ0n) is 17.3. The second-order valence-electron chi connectivity index (χ2n) is 6.52. The Balaban J connectivity index is 1.80. The Morgan fingerprint density at radius 2 is 1.83 bits per heavy atom. The molecule has 0 bridgehead atoms. The second-order valence-corrected chi connectivity index (χ2v) is 7.49. The Morgan fingerprint density at radius 1 is 1.13 bits per heavy atom. The molecule has 2 heterocycles. The number of aromatic nitrogens is 2. The van der Waals surface area contributed by atoms with E-state index in [-0.39, 0.29) is 18.0 Å². The smallest absolute Gasteiger partial charge is 0.338 e. The van der Waals surface area contributed by atoms with Gasteiger partial charge in [0, 0.05) is 11.3 Å². The summed E-state index contributed by atoms with van der Waals surface area (Å²) in [6.07, 6.45) is 0. The molecule has 0 aliphatic heterocycles. The highest BCUT2D eigenvalue weighted by molar-refractivity contribution is 7.20. The molecule has 0 saturated carbocycles. The summed E-state index contributed by atoms with van der Waals surface area (Å²) >= 11 is 1.33. The van der Waals surface area contributed by atoms with Crippen LogP contribution in [0.3, 0.4) is 0 Å². The molecule has 0 atom stereocenters. The fraction of sp³-hybridized carbons (Fsp3) is 0.333. The first kappa shape index (κ1) is 21.5. The molecule has 8 nitrogen and oxygen atoms in total. The summed E-state index contributed by atoms with van der Waals surface area (Å²) in [6.45, 7) is 7.74. The molecule has 0 spiro atoms. The molecule has 0 aliphatic rings. The van der Waals surface area contributed by atoms with Crippen LogP contribution in [0.2, 0.25) is 0 Å². The number of anilines is 1. The van der Waals surface area contributed by atoms with E-state index < -0.39 is 5.97 Å². The number of hydrogen-bond donors (Lipinski definition) is 1. The van der Waals surface area contributed by atoms with Crippen molar-refractivity contribution in [1.29, 1.82) is 0 Å². The van der Waals surface area contributed by atoms with Gasteiger partial charge in [-0.3, -0.25) is 14.2 Å². The number of nitrogens with one attached hydrogen (secondary N) is 1. The van der Waals surface area contributed by atoms with E-state index in [1.54, 1.807) is 38.1 Å². The van der Waals surface area contributed by atoms with Gasteiger partial charge in [0.15, 0.2) is 5.06 Å². The number of esters is 1. The molecular weight excluding hydrogens is 406 g/mol. The maximum atomic E-state index is 13.0. The van der Waals surface area contributed by atoms with Crippen molar-refractivity contribution in [3.8, 4) is 5.06 Å². The van der Waals surface area contributed by atoms with E-state index in [0.29, 0.717) is 45.6 Å². The average Bonchev–Trinajstić information content (AvgIpc) is 3.01. The minimum Gasteiger partial charge on any atom is -0.484 e. The van der Waals surface area contributed by atoms with Crippen LogP contribution in [0.5, 0.6) is 5.06 Å². The lowest BCUT2D eigenvalue weighted by Gasteiger charge is -2.10. The number of carbonyl (C=O) groups excluding carboxylic acids is 2. The van der Waals surface area contributed by atoms with Gasteiger partial charge in [0.1, 0.15) is 17.2 Å². The van der Waals surface area contributed by atoms with Crippen LogP contribution in [0.25, 0.3) is 10.2 Å². The monoisotopic (exact) mass is 429 g/mol. The Hall–Kier alpha value is -3.20. The first-order valence-electron chi connectivity index (χ1n) is 9.56. The third kappa shape index (κ3) is 4.35. The van der Waals surface area contributed by atoms with Crippen molar-refractivity contribution < 1.29 is 19.1 Å². The zero-order valence-corrected chi connectivity index (χ0v) is 18.1. The lowest BCUT2D eigenvalue weighted by Crippen LogP contribution is -2.30. The number of carbonyl (C=O) groups is 2. The molecule has 0 aliphatic carbocycles. The molecule has 158 valence electrons. The summed E-state index contributed by atoms with van der Waals surface area (Å²) < 4.78 is 11.9. The molecule has 2 aromatic heterocycles. The molecule has 3 rings (SSSR count). The molecular formula is C21H23N3O5S. The fourth-order valence-electron chi connectivity index (χ4n) is 3.00. The van der Waals surface area contributed by atoms with Crippen LogP contribution >= 0.6 is 11.3 Å². The zero-order chi connectivity index (χ0) is 21.8. The van der Waals surface area contributed by atoms with Crippen LogP contribution in [0.15, 0.2) is 29.1 Å². The highest BCUT2D eigenvalue weighted by atomic mass is 32.1. The van der Waals surface area contributed by atoms with Gasteiger partial charge in [-0.2, -0.15) is 0 Å². The summed E-state index contributed by atoms with van der Waals surface area (Å²) in [6, 6.07) is 6.36. The summed E-state index contributed by atoms with van der Waals surface area (Å²) in [5.41, 5.74) is 1.37. The van der Waals surface area contributed by atoms with Crippen LogP contribution in [0.4, 0.5) is 5.69 Å². The van der Waals surface area contributed by atoms with Gasteiger partial charge in [-0.15, -0.1) is 0 Å². The second kappa shape index (κ2) is 9.08. The Bertz CT molecular complexity index is 1150. The first-order chi connectivity index (χ1) is 14.3. The maximum absolute atomic E-state index is 13.0. The number of fused-ring (bicyclic) bond motifs is 1. The number of hydrogen-bond acceptors (Lipinski definition) is 7. The molecule has 0 saturated heterocycles. The molecule has 1 N–H and O–H groups in total.